The zero-order chi connectivity index (χ0) is 17.5. The highest BCUT2D eigenvalue weighted by molar-refractivity contribution is 9.10. The highest BCUT2D eigenvalue weighted by Crippen LogP contribution is 2.32. The van der Waals surface area contributed by atoms with Crippen molar-refractivity contribution in [3.05, 3.63) is 47.2 Å². The van der Waals surface area contributed by atoms with Gasteiger partial charge in [-0.05, 0) is 30.5 Å². The van der Waals surface area contributed by atoms with Crippen LogP contribution in [0.2, 0.25) is 0 Å². The number of benzene rings is 2. The van der Waals surface area contributed by atoms with Gasteiger partial charge >= 0.3 is 0 Å². The minimum atomic E-state index is 0.431. The number of methoxy groups -OCH3 is 2. The van der Waals surface area contributed by atoms with Gasteiger partial charge in [0.25, 0.3) is 0 Å². The summed E-state index contributed by atoms with van der Waals surface area (Å²) in [5.41, 5.74) is 6.46. The minimum Gasteiger partial charge on any atom is -0.493 e. The predicted molar refractivity (Wildman–Crippen MR) is 103 cm³/mol. The molecule has 5 nitrogen and oxygen atoms in total. The Morgan fingerprint density at radius 3 is 2.33 bits per heavy atom. The zero-order valence-electron chi connectivity index (χ0n) is 13.6. The van der Waals surface area contributed by atoms with Crippen molar-refractivity contribution >= 4 is 44.4 Å². The molecule has 3 aromatic rings. The molecule has 0 saturated heterocycles. The van der Waals surface area contributed by atoms with Crippen molar-refractivity contribution in [2.24, 2.45) is 0 Å². The molecule has 1 heterocycles. The fraction of sp³-hybridized carbons (Fsp3) is 0.176. The summed E-state index contributed by atoms with van der Waals surface area (Å²) in [5, 5.41) is 0.759. The number of anilines is 1. The van der Waals surface area contributed by atoms with Crippen molar-refractivity contribution < 1.29 is 9.47 Å². The summed E-state index contributed by atoms with van der Waals surface area (Å²) in [5.74, 6) is 1.68. The van der Waals surface area contributed by atoms with Gasteiger partial charge in [0.1, 0.15) is 12.1 Å². The smallest absolute Gasteiger partial charge is 0.162 e. The van der Waals surface area contributed by atoms with E-state index < -0.39 is 0 Å². The number of hydrogen-bond acceptors (Lipinski definition) is 6. The average Bonchev–Trinajstić information content (AvgIpc) is 2.61. The van der Waals surface area contributed by atoms with Crippen LogP contribution in [0.25, 0.3) is 10.9 Å². The van der Waals surface area contributed by atoms with Crippen molar-refractivity contribution in [2.45, 2.75) is 4.90 Å². The molecule has 0 bridgehead atoms. The molecule has 1 aromatic heterocycles. The fourth-order valence-corrected chi connectivity index (χ4v) is 3.01. The first kappa shape index (κ1) is 18.4. The molecular weight excluding hydrogens is 390 g/mol. The highest BCUT2D eigenvalue weighted by Gasteiger charge is 2.08. The van der Waals surface area contributed by atoms with Gasteiger partial charge in [-0.15, -0.1) is 11.8 Å². The van der Waals surface area contributed by atoms with Crippen LogP contribution in [0, 0.1) is 0 Å². The quantitative estimate of drug-likeness (QED) is 0.648. The molecule has 0 aliphatic carbocycles. The number of rotatable bonds is 3. The maximum atomic E-state index is 5.72. The Bertz CT molecular complexity index is 830. The van der Waals surface area contributed by atoms with Crippen molar-refractivity contribution in [1.82, 2.24) is 9.97 Å². The highest BCUT2D eigenvalue weighted by atomic mass is 79.9. The van der Waals surface area contributed by atoms with Gasteiger partial charge in [-0.2, -0.15) is 0 Å². The average molecular weight is 408 g/mol. The van der Waals surface area contributed by atoms with Gasteiger partial charge in [-0.1, -0.05) is 22.0 Å². The molecule has 0 saturated carbocycles. The maximum absolute atomic E-state index is 5.72. The molecule has 0 amide bonds. The van der Waals surface area contributed by atoms with Crippen LogP contribution in [0.15, 0.2) is 52.1 Å². The molecule has 7 heteroatoms. The Morgan fingerprint density at radius 2 is 1.75 bits per heavy atom. The molecule has 0 aliphatic heterocycles. The molecule has 0 atom stereocenters. The van der Waals surface area contributed by atoms with E-state index in [9.17, 15) is 0 Å². The lowest BCUT2D eigenvalue weighted by Gasteiger charge is -2.08. The molecule has 3 rings (SSSR count). The molecule has 2 aromatic carbocycles. The standard InChI is InChI=1S/C10H11N3O2.C7H7BrS/c1-14-8-3-6-7(4-9(8)15-2)12-5-13-10(6)11;1-9-7-4-2-3-6(8)5-7/h3-5H,1-2H3,(H2,11,12,13);2-5H,1H3. The Kier molecular flexibility index (Phi) is 6.69. The fourth-order valence-electron chi connectivity index (χ4n) is 2.00. The molecular formula is C17H18BrN3O2S. The first-order valence-electron chi connectivity index (χ1n) is 7.00. The zero-order valence-corrected chi connectivity index (χ0v) is 16.0. The van der Waals surface area contributed by atoms with E-state index in [1.807, 2.05) is 12.1 Å². The largest absolute Gasteiger partial charge is 0.493 e. The summed E-state index contributed by atoms with van der Waals surface area (Å²) in [6.07, 6.45) is 3.49. The van der Waals surface area contributed by atoms with Gasteiger partial charge in [0.15, 0.2) is 11.5 Å². The number of nitrogens with zero attached hydrogens (tertiary/aromatic N) is 2. The van der Waals surface area contributed by atoms with Crippen molar-refractivity contribution in [3.63, 3.8) is 0 Å². The SMILES string of the molecule is COc1cc2ncnc(N)c2cc1OC.CSc1cccc(Br)c1. The third-order valence-electron chi connectivity index (χ3n) is 3.20. The van der Waals surface area contributed by atoms with Gasteiger partial charge in [-0.3, -0.25) is 0 Å². The van der Waals surface area contributed by atoms with Crippen molar-refractivity contribution in [3.8, 4) is 11.5 Å². The first-order valence-corrected chi connectivity index (χ1v) is 9.02. The van der Waals surface area contributed by atoms with E-state index in [2.05, 4.69) is 44.3 Å². The molecule has 0 unspecified atom stereocenters. The Hall–Kier alpha value is -1.99. The van der Waals surface area contributed by atoms with E-state index >= 15 is 0 Å². The number of thioether (sulfide) groups is 1. The lowest BCUT2D eigenvalue weighted by atomic mass is 10.2. The van der Waals surface area contributed by atoms with Crippen LogP contribution in [-0.4, -0.2) is 30.4 Å². The maximum Gasteiger partial charge on any atom is 0.162 e. The summed E-state index contributed by atoms with van der Waals surface area (Å²) in [6.45, 7) is 0. The van der Waals surface area contributed by atoms with Crippen molar-refractivity contribution in [1.29, 1.82) is 0 Å². The van der Waals surface area contributed by atoms with Crippen LogP contribution in [0.5, 0.6) is 11.5 Å². The van der Waals surface area contributed by atoms with Gasteiger partial charge in [-0.25, -0.2) is 9.97 Å². The molecule has 0 spiro atoms. The van der Waals surface area contributed by atoms with E-state index in [0.29, 0.717) is 17.3 Å². The van der Waals surface area contributed by atoms with E-state index in [1.54, 1.807) is 38.1 Å². The second-order valence-corrected chi connectivity index (χ2v) is 6.44. The van der Waals surface area contributed by atoms with E-state index in [-0.39, 0.29) is 0 Å². The van der Waals surface area contributed by atoms with E-state index in [1.165, 1.54) is 11.2 Å². The topological polar surface area (TPSA) is 70.3 Å². The molecule has 126 valence electrons. The lowest BCUT2D eigenvalue weighted by molar-refractivity contribution is 0.356. The van der Waals surface area contributed by atoms with Gasteiger partial charge in [0.2, 0.25) is 0 Å². The second-order valence-electron chi connectivity index (χ2n) is 4.64. The number of hydrogen-bond donors (Lipinski definition) is 1. The lowest BCUT2D eigenvalue weighted by Crippen LogP contribution is -1.96. The molecule has 0 fully saturated rings. The summed E-state index contributed by atoms with van der Waals surface area (Å²) in [4.78, 5) is 9.30. The Morgan fingerprint density at radius 1 is 1.04 bits per heavy atom. The summed E-state index contributed by atoms with van der Waals surface area (Å²) in [7, 11) is 3.15. The molecule has 0 radical (unpaired) electrons. The number of ether oxygens (including phenoxy) is 2. The monoisotopic (exact) mass is 407 g/mol. The van der Waals surface area contributed by atoms with Gasteiger partial charge in [0.05, 0.1) is 19.7 Å². The van der Waals surface area contributed by atoms with Gasteiger partial charge in [0, 0.05) is 20.8 Å². The summed E-state index contributed by atoms with van der Waals surface area (Å²) in [6, 6.07) is 11.8. The number of nitrogen functional groups attached to an aromatic ring is 1. The molecule has 0 aliphatic rings. The van der Waals surface area contributed by atoms with Crippen LogP contribution >= 0.6 is 27.7 Å². The van der Waals surface area contributed by atoms with Crippen molar-refractivity contribution in [2.75, 3.05) is 26.2 Å². The molecule has 24 heavy (non-hydrogen) atoms. The third kappa shape index (κ3) is 4.52. The normalized spacial score (nSPS) is 10.0. The van der Waals surface area contributed by atoms with Crippen LogP contribution < -0.4 is 15.2 Å². The molecule has 2 N–H and O–H groups in total. The van der Waals surface area contributed by atoms with Gasteiger partial charge < -0.3 is 15.2 Å². The Labute approximate surface area is 153 Å². The predicted octanol–water partition coefficient (Wildman–Crippen LogP) is 4.40. The van der Waals surface area contributed by atoms with Crippen LogP contribution in [0.4, 0.5) is 5.82 Å². The number of fused-ring (bicyclic) bond motifs is 1. The first-order chi connectivity index (χ1) is 11.6. The summed E-state index contributed by atoms with van der Waals surface area (Å²) < 4.78 is 11.5. The van der Waals surface area contributed by atoms with Crippen LogP contribution in [0.1, 0.15) is 0 Å². The third-order valence-corrected chi connectivity index (χ3v) is 4.42. The minimum absolute atomic E-state index is 0.431. The number of nitrogens with two attached hydrogens (primary N) is 1. The Balaban J connectivity index is 0.000000198. The van der Waals surface area contributed by atoms with Crippen LogP contribution in [-0.2, 0) is 0 Å². The number of aromatic nitrogens is 2. The number of halogens is 1. The van der Waals surface area contributed by atoms with E-state index in [0.717, 1.165) is 15.4 Å². The second kappa shape index (κ2) is 8.75. The van der Waals surface area contributed by atoms with E-state index in [4.69, 9.17) is 15.2 Å². The van der Waals surface area contributed by atoms with Crippen LogP contribution in [0.3, 0.4) is 0 Å². The summed E-state index contributed by atoms with van der Waals surface area (Å²) >= 11 is 5.14.